The summed E-state index contributed by atoms with van der Waals surface area (Å²) in [6.45, 7) is 11.8. The van der Waals surface area contributed by atoms with Crippen molar-refractivity contribution in [3.05, 3.63) is 23.2 Å². The summed E-state index contributed by atoms with van der Waals surface area (Å²) in [7, 11) is 0. The lowest BCUT2D eigenvalue weighted by molar-refractivity contribution is 0.0312. The second kappa shape index (κ2) is 6.36. The van der Waals surface area contributed by atoms with E-state index >= 15 is 0 Å². The van der Waals surface area contributed by atoms with Crippen molar-refractivity contribution < 1.29 is 9.15 Å². The number of hydrogen-bond acceptors (Lipinski definition) is 4. The molecule has 0 saturated carbocycles. The van der Waals surface area contributed by atoms with Crippen LogP contribution in [0.3, 0.4) is 0 Å². The van der Waals surface area contributed by atoms with Crippen LogP contribution >= 0.6 is 0 Å². The molecule has 4 heteroatoms. The van der Waals surface area contributed by atoms with E-state index in [1.54, 1.807) is 0 Å². The zero-order chi connectivity index (χ0) is 13.0. The number of nitrogens with one attached hydrogen (secondary N) is 1. The maximum absolute atomic E-state index is 5.92. The monoisotopic (exact) mass is 252 g/mol. The van der Waals surface area contributed by atoms with Crippen LogP contribution < -0.4 is 5.32 Å². The van der Waals surface area contributed by atoms with Gasteiger partial charge in [-0.15, -0.1) is 0 Å². The van der Waals surface area contributed by atoms with Gasteiger partial charge in [-0.25, -0.2) is 0 Å². The molecular formula is C14H24N2O2. The number of morpholine rings is 1. The molecule has 0 unspecified atom stereocenters. The maximum Gasteiger partial charge on any atom is 0.120 e. The Morgan fingerprint density at radius 3 is 2.72 bits per heavy atom. The normalized spacial score (nSPS) is 17.6. The fraction of sp³-hybridized carbons (Fsp3) is 0.714. The molecule has 0 atom stereocenters. The zero-order valence-electron chi connectivity index (χ0n) is 11.7. The Morgan fingerprint density at radius 2 is 2.06 bits per heavy atom. The van der Waals surface area contributed by atoms with Crippen molar-refractivity contribution >= 4 is 0 Å². The highest BCUT2D eigenvalue weighted by Crippen LogP contribution is 2.17. The van der Waals surface area contributed by atoms with Crippen LogP contribution in [0.25, 0.3) is 0 Å². The van der Waals surface area contributed by atoms with Crippen LogP contribution in [0.15, 0.2) is 10.5 Å². The van der Waals surface area contributed by atoms with E-state index < -0.39 is 0 Å². The Bertz CT molecular complexity index is 368. The molecule has 0 spiro atoms. The predicted molar refractivity (Wildman–Crippen MR) is 71.5 cm³/mol. The number of hydrogen-bond donors (Lipinski definition) is 1. The molecule has 0 radical (unpaired) electrons. The summed E-state index contributed by atoms with van der Waals surface area (Å²) >= 11 is 0. The maximum atomic E-state index is 5.92. The average Bonchev–Trinajstić information content (AvgIpc) is 2.68. The molecule has 18 heavy (non-hydrogen) atoms. The van der Waals surface area contributed by atoms with Crippen LogP contribution in [0.4, 0.5) is 0 Å². The third kappa shape index (κ3) is 3.83. The van der Waals surface area contributed by atoms with Gasteiger partial charge in [-0.2, -0.15) is 0 Å². The molecule has 0 bridgehead atoms. The predicted octanol–water partition coefficient (Wildman–Crippen LogP) is 1.92. The summed E-state index contributed by atoms with van der Waals surface area (Å²) in [4.78, 5) is 2.38. The van der Waals surface area contributed by atoms with Crippen molar-refractivity contribution in [3.8, 4) is 0 Å². The van der Waals surface area contributed by atoms with Gasteiger partial charge in [-0.05, 0) is 18.6 Å². The summed E-state index contributed by atoms with van der Waals surface area (Å²) in [5.74, 6) is 2.13. The number of furan rings is 1. The fourth-order valence-corrected chi connectivity index (χ4v) is 2.12. The smallest absolute Gasteiger partial charge is 0.120 e. The van der Waals surface area contributed by atoms with Gasteiger partial charge in [-0.1, -0.05) is 13.8 Å². The zero-order valence-corrected chi connectivity index (χ0v) is 11.7. The number of aryl methyl sites for hydroxylation is 1. The van der Waals surface area contributed by atoms with Gasteiger partial charge in [0.15, 0.2) is 0 Å². The van der Waals surface area contributed by atoms with Crippen LogP contribution in [0.5, 0.6) is 0 Å². The van der Waals surface area contributed by atoms with Crippen molar-refractivity contribution in [1.29, 1.82) is 0 Å². The molecule has 1 aliphatic heterocycles. The molecule has 1 aromatic rings. The quantitative estimate of drug-likeness (QED) is 0.869. The molecule has 0 aromatic carbocycles. The molecule has 0 amide bonds. The Morgan fingerprint density at radius 1 is 1.33 bits per heavy atom. The SMILES string of the molecule is Cc1cc(CN2CCOCC2)oc1CNC(C)C. The third-order valence-electron chi connectivity index (χ3n) is 3.23. The third-order valence-corrected chi connectivity index (χ3v) is 3.23. The number of rotatable bonds is 5. The Kier molecular flexibility index (Phi) is 4.80. The summed E-state index contributed by atoms with van der Waals surface area (Å²) in [5.41, 5.74) is 1.24. The molecule has 1 aromatic heterocycles. The van der Waals surface area contributed by atoms with Gasteiger partial charge in [0.1, 0.15) is 11.5 Å². The second-order valence-electron chi connectivity index (χ2n) is 5.24. The topological polar surface area (TPSA) is 37.6 Å². The van der Waals surface area contributed by atoms with Gasteiger partial charge >= 0.3 is 0 Å². The average molecular weight is 252 g/mol. The lowest BCUT2D eigenvalue weighted by atomic mass is 10.2. The number of nitrogens with zero attached hydrogens (tertiary/aromatic N) is 1. The minimum Gasteiger partial charge on any atom is -0.463 e. The highest BCUT2D eigenvalue weighted by molar-refractivity contribution is 5.20. The molecular weight excluding hydrogens is 228 g/mol. The van der Waals surface area contributed by atoms with E-state index in [1.165, 1.54) is 5.56 Å². The van der Waals surface area contributed by atoms with Crippen LogP contribution in [-0.2, 0) is 17.8 Å². The Hall–Kier alpha value is -0.840. The minimum atomic E-state index is 0.484. The molecule has 1 fully saturated rings. The summed E-state index contributed by atoms with van der Waals surface area (Å²) < 4.78 is 11.3. The molecule has 102 valence electrons. The lowest BCUT2D eigenvalue weighted by Gasteiger charge is -2.25. The van der Waals surface area contributed by atoms with Crippen LogP contribution in [0.1, 0.15) is 30.9 Å². The standard InChI is InChI=1S/C14H24N2O2/c1-11(2)15-9-14-12(3)8-13(18-14)10-16-4-6-17-7-5-16/h8,11,15H,4-7,9-10H2,1-3H3. The first kappa shape index (κ1) is 13.6. The molecule has 1 N–H and O–H groups in total. The van der Waals surface area contributed by atoms with Gasteiger partial charge in [-0.3, -0.25) is 4.90 Å². The summed E-state index contributed by atoms with van der Waals surface area (Å²) in [6, 6.07) is 2.64. The van der Waals surface area contributed by atoms with Gasteiger partial charge in [0.05, 0.1) is 26.3 Å². The van der Waals surface area contributed by atoms with Crippen molar-refractivity contribution in [2.45, 2.75) is 39.9 Å². The van der Waals surface area contributed by atoms with E-state index in [4.69, 9.17) is 9.15 Å². The van der Waals surface area contributed by atoms with Crippen molar-refractivity contribution in [2.75, 3.05) is 26.3 Å². The highest BCUT2D eigenvalue weighted by atomic mass is 16.5. The first-order chi connectivity index (χ1) is 8.65. The first-order valence-electron chi connectivity index (χ1n) is 6.77. The van der Waals surface area contributed by atoms with E-state index in [0.717, 1.165) is 50.9 Å². The summed E-state index contributed by atoms with van der Waals surface area (Å²) in [6.07, 6.45) is 0. The highest BCUT2D eigenvalue weighted by Gasteiger charge is 2.14. The first-order valence-corrected chi connectivity index (χ1v) is 6.77. The molecule has 4 nitrogen and oxygen atoms in total. The van der Waals surface area contributed by atoms with Crippen molar-refractivity contribution in [3.63, 3.8) is 0 Å². The van der Waals surface area contributed by atoms with Crippen molar-refractivity contribution in [2.24, 2.45) is 0 Å². The molecule has 0 aliphatic carbocycles. The van der Waals surface area contributed by atoms with Gasteiger partial charge in [0.25, 0.3) is 0 Å². The molecule has 2 rings (SSSR count). The van der Waals surface area contributed by atoms with Crippen LogP contribution in [-0.4, -0.2) is 37.2 Å². The van der Waals surface area contributed by atoms with E-state index in [1.807, 2.05) is 0 Å². The Labute approximate surface area is 109 Å². The van der Waals surface area contributed by atoms with E-state index in [2.05, 4.69) is 37.1 Å². The van der Waals surface area contributed by atoms with Crippen molar-refractivity contribution in [1.82, 2.24) is 10.2 Å². The van der Waals surface area contributed by atoms with E-state index in [0.29, 0.717) is 6.04 Å². The van der Waals surface area contributed by atoms with Gasteiger partial charge in [0, 0.05) is 19.1 Å². The van der Waals surface area contributed by atoms with Gasteiger partial charge in [0.2, 0.25) is 0 Å². The van der Waals surface area contributed by atoms with Crippen LogP contribution in [0.2, 0.25) is 0 Å². The fourth-order valence-electron chi connectivity index (χ4n) is 2.12. The van der Waals surface area contributed by atoms with E-state index in [9.17, 15) is 0 Å². The largest absolute Gasteiger partial charge is 0.463 e. The molecule has 1 saturated heterocycles. The van der Waals surface area contributed by atoms with Gasteiger partial charge < -0.3 is 14.5 Å². The van der Waals surface area contributed by atoms with E-state index in [-0.39, 0.29) is 0 Å². The molecule has 1 aliphatic rings. The Balaban J connectivity index is 1.90. The van der Waals surface area contributed by atoms with Crippen LogP contribution in [0, 0.1) is 6.92 Å². The minimum absolute atomic E-state index is 0.484. The second-order valence-corrected chi connectivity index (χ2v) is 5.24. The molecule has 2 heterocycles. The lowest BCUT2D eigenvalue weighted by Crippen LogP contribution is -2.35. The summed E-state index contributed by atoms with van der Waals surface area (Å²) in [5, 5.41) is 3.39. The number of ether oxygens (including phenoxy) is 1.